The molecule has 0 unspecified atom stereocenters. The molecule has 0 heterocycles. The van der Waals surface area contributed by atoms with Gasteiger partial charge in [-0.15, -0.1) is 10.1 Å². The van der Waals surface area contributed by atoms with Crippen molar-refractivity contribution in [2.75, 3.05) is 0 Å². The molecule has 33 heavy (non-hydrogen) atoms. The summed E-state index contributed by atoms with van der Waals surface area (Å²) in [5.41, 5.74) is 0. The molecule has 0 saturated carbocycles. The zero-order chi connectivity index (χ0) is 27.3. The summed E-state index contributed by atoms with van der Waals surface area (Å²) in [5, 5.41) is 7.40. The van der Waals surface area contributed by atoms with Crippen LogP contribution in [0.25, 0.3) is 0 Å². The lowest BCUT2D eigenvalue weighted by Gasteiger charge is -2.42. The highest BCUT2D eigenvalue weighted by Crippen LogP contribution is 2.64. The van der Waals surface area contributed by atoms with Gasteiger partial charge in [0.2, 0.25) is 0 Å². The number of carbonyl (C=O) groups excluding carboxylic acids is 1. The third-order valence-corrected chi connectivity index (χ3v) is 3.34. The first-order valence-electron chi connectivity index (χ1n) is 6.79. The van der Waals surface area contributed by atoms with Gasteiger partial charge in [0.25, 0.3) is 0 Å². The van der Waals surface area contributed by atoms with Crippen LogP contribution >= 0.6 is 0 Å². The Balaban J connectivity index is 6.47. The van der Waals surface area contributed by atoms with E-state index in [4.69, 9.17) is 0 Å². The maximum absolute atomic E-state index is 13.3. The molecule has 0 atom stereocenters. The van der Waals surface area contributed by atoms with Gasteiger partial charge >= 0.3 is 58.7 Å². The van der Waals surface area contributed by atoms with Crippen molar-refractivity contribution in [1.29, 1.82) is 0 Å². The van der Waals surface area contributed by atoms with Crippen LogP contribution < -0.4 is 0 Å². The fourth-order valence-corrected chi connectivity index (χ4v) is 1.59. The normalized spacial score (nSPS) is 15.3. The van der Waals surface area contributed by atoms with Crippen LogP contribution in [-0.4, -0.2) is 58.7 Å². The molecule has 6 nitrogen and oxygen atoms in total. The van der Waals surface area contributed by atoms with E-state index in [0.717, 1.165) is 0 Å². The van der Waals surface area contributed by atoms with Gasteiger partial charge in [-0.3, -0.25) is 4.89 Å². The zero-order valence-corrected chi connectivity index (χ0v) is 14.1. The Labute approximate surface area is 166 Å². The Morgan fingerprint density at radius 1 is 0.606 bits per heavy atom. The maximum Gasteiger partial charge on any atom is 0.460 e. The van der Waals surface area contributed by atoms with Gasteiger partial charge < -0.3 is 0 Å². The van der Waals surface area contributed by atoms with E-state index in [-0.39, 0.29) is 0 Å². The van der Waals surface area contributed by atoms with Gasteiger partial charge in [-0.1, -0.05) is 4.99 Å². The molecule has 0 saturated heterocycles. The van der Waals surface area contributed by atoms with Crippen LogP contribution in [0.5, 0.6) is 0 Å². The second-order valence-corrected chi connectivity index (χ2v) is 5.58. The van der Waals surface area contributed by atoms with E-state index in [0.29, 0.717) is 0 Å². The minimum atomic E-state index is -8.81. The first kappa shape index (κ1) is 30.5. The molecule has 0 spiro atoms. The number of rotatable bonds is 10. The lowest BCUT2D eigenvalue weighted by atomic mass is 9.88. The Morgan fingerprint density at radius 2 is 0.909 bits per heavy atom. The predicted molar refractivity (Wildman–Crippen MR) is 59.5 cm³/mol. The lowest BCUT2D eigenvalue weighted by Crippen LogP contribution is -2.74. The fourth-order valence-electron chi connectivity index (χ4n) is 1.59. The van der Waals surface area contributed by atoms with Gasteiger partial charge in [-0.05, 0) is 0 Å². The minimum Gasteiger partial charge on any atom is -0.260 e. The van der Waals surface area contributed by atoms with E-state index in [1.54, 1.807) is 0 Å². The fraction of sp³-hybridized carbons (Fsp3) is 0.900. The molecule has 0 bridgehead atoms. The maximum atomic E-state index is 13.3. The van der Waals surface area contributed by atoms with Crippen LogP contribution in [0.3, 0.4) is 0 Å². The van der Waals surface area contributed by atoms with Crippen molar-refractivity contribution >= 4 is 5.97 Å². The second kappa shape index (κ2) is 8.06. The molecule has 0 fully saturated rings. The standard InChI is InChI=1S/C10H2F17NO5/c11-3(12,1-2(29)32-33-28(30)31)4(13,14)5(15,16)6(17,18)7(19,20)8(21,22)9(23,24)10(25,26)27/h1H2. The Hall–Kier alpha value is -2.52. The third-order valence-electron chi connectivity index (χ3n) is 3.34. The molecule has 23 heteroatoms. The molecule has 0 amide bonds. The largest absolute Gasteiger partial charge is 0.460 e. The predicted octanol–water partition coefficient (Wildman–Crippen LogP) is 5.05. The van der Waals surface area contributed by atoms with Gasteiger partial charge in [0.15, 0.2) is 0 Å². The van der Waals surface area contributed by atoms with Gasteiger partial charge in [0.1, 0.15) is 6.42 Å². The number of alkyl halides is 17. The minimum absolute atomic E-state index is 2.17. The molecule has 0 aliphatic heterocycles. The lowest BCUT2D eigenvalue weighted by molar-refractivity contribution is -0.839. The third kappa shape index (κ3) is 4.48. The van der Waals surface area contributed by atoms with Crippen LogP contribution in [0.2, 0.25) is 0 Å². The monoisotopic (exact) mass is 539 g/mol. The van der Waals surface area contributed by atoms with Gasteiger partial charge in [0.05, 0.1) is 0 Å². The van der Waals surface area contributed by atoms with Gasteiger partial charge in [-0.2, -0.15) is 74.6 Å². The SMILES string of the molecule is O=C(CC(F)(F)C(F)(F)C(F)(F)C(F)(F)C(F)(F)C(F)(F)C(F)(F)C(F)(F)F)OO[N+](=O)[O-]. The first-order chi connectivity index (χ1) is 14.1. The van der Waals surface area contributed by atoms with Crippen molar-refractivity contribution in [3.63, 3.8) is 0 Å². The summed E-state index contributed by atoms with van der Waals surface area (Å²) >= 11 is 0. The van der Waals surface area contributed by atoms with E-state index in [1.165, 1.54) is 0 Å². The summed E-state index contributed by atoms with van der Waals surface area (Å²) in [5.74, 6) is -61.5. The molecule has 0 aliphatic rings. The number of nitrogens with zero attached hydrogens (tertiary/aromatic N) is 1. The molecular formula is C10H2F17NO5. The van der Waals surface area contributed by atoms with E-state index in [9.17, 15) is 89.5 Å². The average molecular weight is 539 g/mol. The number of hydrogen-bond acceptors (Lipinski definition) is 5. The summed E-state index contributed by atoms with van der Waals surface area (Å²) < 4.78 is 219. The van der Waals surface area contributed by atoms with Crippen molar-refractivity contribution in [3.8, 4) is 0 Å². The van der Waals surface area contributed by atoms with Crippen LogP contribution in [0.15, 0.2) is 0 Å². The van der Waals surface area contributed by atoms with Crippen molar-refractivity contribution < 1.29 is 94.4 Å². The average Bonchev–Trinajstić information content (AvgIpc) is 2.57. The van der Waals surface area contributed by atoms with Crippen molar-refractivity contribution in [2.24, 2.45) is 0 Å². The first-order valence-corrected chi connectivity index (χ1v) is 6.79. The van der Waals surface area contributed by atoms with E-state index >= 15 is 0 Å². The molecule has 0 radical (unpaired) electrons. The van der Waals surface area contributed by atoms with Crippen molar-refractivity contribution in [1.82, 2.24) is 0 Å². The molecule has 196 valence electrons. The zero-order valence-electron chi connectivity index (χ0n) is 14.1. The molecule has 0 rings (SSSR count). The summed E-state index contributed by atoms with van der Waals surface area (Å²) in [4.78, 5) is 25.4. The van der Waals surface area contributed by atoms with Crippen molar-refractivity contribution in [3.05, 3.63) is 10.1 Å². The smallest absolute Gasteiger partial charge is 0.260 e. The van der Waals surface area contributed by atoms with E-state index in [1.807, 2.05) is 0 Å². The van der Waals surface area contributed by atoms with Crippen LogP contribution in [0, 0.1) is 10.1 Å². The molecule has 0 aromatic carbocycles. The quantitative estimate of drug-likeness (QED) is 0.168. The Morgan fingerprint density at radius 3 is 1.21 bits per heavy atom. The van der Waals surface area contributed by atoms with Crippen LogP contribution in [0.1, 0.15) is 6.42 Å². The summed E-state index contributed by atoms with van der Waals surface area (Å²) in [6, 6.07) is 0. The van der Waals surface area contributed by atoms with E-state index < -0.39 is 65.1 Å². The Bertz CT molecular complexity index is 760. The highest BCUT2D eigenvalue weighted by molar-refractivity contribution is 5.70. The summed E-state index contributed by atoms with van der Waals surface area (Å²) in [6.45, 7) is 0. The summed E-state index contributed by atoms with van der Waals surface area (Å²) in [6.07, 6.45) is -11.5. The number of carbonyl (C=O) groups is 1. The number of halogens is 17. The van der Waals surface area contributed by atoms with Gasteiger partial charge in [-0.25, -0.2) is 4.79 Å². The highest BCUT2D eigenvalue weighted by atomic mass is 19.4. The molecule has 0 aromatic rings. The Kier molecular flexibility index (Phi) is 7.44. The topological polar surface area (TPSA) is 78.7 Å². The van der Waals surface area contributed by atoms with Gasteiger partial charge in [0, 0.05) is 0 Å². The van der Waals surface area contributed by atoms with E-state index in [2.05, 4.69) is 9.88 Å². The second-order valence-electron chi connectivity index (χ2n) is 5.58. The highest BCUT2D eigenvalue weighted by Gasteiger charge is 2.95. The molecule has 0 aromatic heterocycles. The van der Waals surface area contributed by atoms with Crippen LogP contribution in [0.4, 0.5) is 74.6 Å². The molecule has 0 N–H and O–H groups in total. The molecular weight excluding hydrogens is 537 g/mol. The van der Waals surface area contributed by atoms with Crippen LogP contribution in [-0.2, 0) is 14.7 Å². The number of hydrogen-bond donors (Lipinski definition) is 0. The molecule has 0 aliphatic carbocycles. The summed E-state index contributed by atoms with van der Waals surface area (Å²) in [7, 11) is 0. The van der Waals surface area contributed by atoms with Crippen molar-refractivity contribution in [2.45, 2.75) is 54.1 Å².